The molecule has 0 radical (unpaired) electrons. The summed E-state index contributed by atoms with van der Waals surface area (Å²) < 4.78 is 17.9. The van der Waals surface area contributed by atoms with Crippen molar-refractivity contribution in [2.75, 3.05) is 19.8 Å². The summed E-state index contributed by atoms with van der Waals surface area (Å²) in [5, 5.41) is 0. The third-order valence-corrected chi connectivity index (χ3v) is 9.24. The Morgan fingerprint density at radius 3 is 2.17 bits per heavy atom. The van der Waals surface area contributed by atoms with Crippen molar-refractivity contribution < 1.29 is 14.2 Å². The summed E-state index contributed by atoms with van der Waals surface area (Å²) >= 11 is 0. The molecule has 1 heterocycles. The standard InChI is InChI=1S/C32H50O3/c1-3-5-7-9-11-17-31-18-21-32(22-19-31,23-20-31)28-15-13-27(14-16-28)29-25-35-30(26-34-29)33-24-12-10-8-6-4-2/h10,12-16,29-30H,3-9,11,17-26H2,1-2H3/b12-10+/t29-,30+,31?,32?/m1/s1. The first-order valence-electron chi connectivity index (χ1n) is 14.8. The van der Waals surface area contributed by atoms with E-state index in [1.165, 1.54) is 95.5 Å². The summed E-state index contributed by atoms with van der Waals surface area (Å²) in [5.41, 5.74) is 3.89. The molecule has 0 unspecified atom stereocenters. The highest BCUT2D eigenvalue weighted by atomic mass is 16.7. The van der Waals surface area contributed by atoms with Gasteiger partial charge in [0, 0.05) is 0 Å². The summed E-state index contributed by atoms with van der Waals surface area (Å²) in [6.07, 6.45) is 24.7. The van der Waals surface area contributed by atoms with Gasteiger partial charge in [0.25, 0.3) is 0 Å². The maximum atomic E-state index is 6.12. The van der Waals surface area contributed by atoms with Crippen LogP contribution < -0.4 is 0 Å². The highest BCUT2D eigenvalue weighted by Crippen LogP contribution is 2.59. The van der Waals surface area contributed by atoms with Crippen LogP contribution in [0.25, 0.3) is 0 Å². The van der Waals surface area contributed by atoms with Crippen LogP contribution in [0.3, 0.4) is 0 Å². The molecule has 3 aliphatic carbocycles. The van der Waals surface area contributed by atoms with Crippen molar-refractivity contribution in [2.24, 2.45) is 5.41 Å². The minimum atomic E-state index is -0.253. The highest BCUT2D eigenvalue weighted by Gasteiger charge is 2.48. The van der Waals surface area contributed by atoms with E-state index in [2.05, 4.69) is 50.3 Å². The molecule has 4 fully saturated rings. The zero-order chi connectivity index (χ0) is 24.4. The van der Waals surface area contributed by atoms with E-state index in [0.717, 1.165) is 6.42 Å². The van der Waals surface area contributed by atoms with Gasteiger partial charge in [-0.1, -0.05) is 95.2 Å². The van der Waals surface area contributed by atoms with E-state index >= 15 is 0 Å². The van der Waals surface area contributed by atoms with Crippen LogP contribution >= 0.6 is 0 Å². The van der Waals surface area contributed by atoms with E-state index in [4.69, 9.17) is 14.2 Å². The molecule has 5 rings (SSSR count). The molecular weight excluding hydrogens is 432 g/mol. The van der Waals surface area contributed by atoms with Gasteiger partial charge in [-0.3, -0.25) is 0 Å². The third kappa shape index (κ3) is 7.21. The van der Waals surface area contributed by atoms with E-state index in [0.29, 0.717) is 30.7 Å². The van der Waals surface area contributed by atoms with Crippen molar-refractivity contribution in [2.45, 2.75) is 128 Å². The van der Waals surface area contributed by atoms with Gasteiger partial charge in [0.2, 0.25) is 0 Å². The number of fused-ring (bicyclic) bond motifs is 3. The van der Waals surface area contributed by atoms with Crippen molar-refractivity contribution in [3.63, 3.8) is 0 Å². The van der Waals surface area contributed by atoms with Gasteiger partial charge in [-0.05, 0) is 73.3 Å². The van der Waals surface area contributed by atoms with Gasteiger partial charge in [0.15, 0.2) is 6.29 Å². The SMILES string of the molecule is CCCC/C=C/CO[C@@H]1CO[C@@H](c2ccc(C34CCC(CCCCCCC)(CC3)CC4)cc2)CO1. The lowest BCUT2D eigenvalue weighted by atomic mass is 9.51. The van der Waals surface area contributed by atoms with Crippen LogP contribution in [0.1, 0.15) is 127 Å². The summed E-state index contributed by atoms with van der Waals surface area (Å²) in [7, 11) is 0. The molecule has 2 bridgehead atoms. The first kappa shape index (κ1) is 26.9. The molecule has 2 atom stereocenters. The largest absolute Gasteiger partial charge is 0.366 e. The number of hydrogen-bond acceptors (Lipinski definition) is 3. The van der Waals surface area contributed by atoms with Crippen LogP contribution in [0.2, 0.25) is 0 Å². The second kappa shape index (κ2) is 13.4. The van der Waals surface area contributed by atoms with E-state index in [1.807, 2.05) is 0 Å². The Morgan fingerprint density at radius 2 is 1.51 bits per heavy atom. The van der Waals surface area contributed by atoms with E-state index < -0.39 is 0 Å². The van der Waals surface area contributed by atoms with E-state index in [-0.39, 0.29) is 12.4 Å². The molecular formula is C32H50O3. The number of unbranched alkanes of at least 4 members (excludes halogenated alkanes) is 6. The molecule has 196 valence electrons. The fraction of sp³-hybridized carbons (Fsp3) is 0.750. The maximum absolute atomic E-state index is 6.12. The Labute approximate surface area is 215 Å². The second-order valence-corrected chi connectivity index (χ2v) is 11.6. The van der Waals surface area contributed by atoms with Gasteiger partial charge in [-0.25, -0.2) is 0 Å². The van der Waals surface area contributed by atoms with Crippen LogP contribution in [-0.2, 0) is 19.6 Å². The highest BCUT2D eigenvalue weighted by molar-refractivity contribution is 5.32. The monoisotopic (exact) mass is 482 g/mol. The van der Waals surface area contributed by atoms with Crippen LogP contribution in [0, 0.1) is 5.41 Å². The molecule has 1 saturated heterocycles. The molecule has 0 spiro atoms. The lowest BCUT2D eigenvalue weighted by Gasteiger charge is -2.54. The fourth-order valence-corrected chi connectivity index (χ4v) is 6.67. The van der Waals surface area contributed by atoms with Crippen LogP contribution in [0.5, 0.6) is 0 Å². The minimum Gasteiger partial charge on any atom is -0.366 e. The average Bonchev–Trinajstić information content (AvgIpc) is 2.92. The van der Waals surface area contributed by atoms with Gasteiger partial charge in [-0.15, -0.1) is 0 Å². The molecule has 3 nitrogen and oxygen atoms in total. The molecule has 0 amide bonds. The topological polar surface area (TPSA) is 27.7 Å². The zero-order valence-electron chi connectivity index (χ0n) is 22.6. The smallest absolute Gasteiger partial charge is 0.181 e. The molecule has 3 heteroatoms. The Kier molecular flexibility index (Phi) is 10.3. The lowest BCUT2D eigenvalue weighted by molar-refractivity contribution is -0.232. The third-order valence-electron chi connectivity index (χ3n) is 9.24. The van der Waals surface area contributed by atoms with E-state index in [9.17, 15) is 0 Å². The van der Waals surface area contributed by atoms with Crippen LogP contribution in [-0.4, -0.2) is 26.1 Å². The van der Waals surface area contributed by atoms with Gasteiger partial charge >= 0.3 is 0 Å². The Morgan fingerprint density at radius 1 is 0.800 bits per heavy atom. The normalized spacial score (nSPS) is 30.8. The Bertz CT molecular complexity index is 735. The molecule has 3 saturated carbocycles. The van der Waals surface area contributed by atoms with Crippen LogP contribution in [0.4, 0.5) is 0 Å². The molecule has 0 N–H and O–H groups in total. The number of ether oxygens (including phenoxy) is 3. The van der Waals surface area contributed by atoms with Crippen molar-refractivity contribution in [3.05, 3.63) is 47.5 Å². The second-order valence-electron chi connectivity index (χ2n) is 11.6. The van der Waals surface area contributed by atoms with Crippen molar-refractivity contribution in [1.82, 2.24) is 0 Å². The number of benzene rings is 1. The summed E-state index contributed by atoms with van der Waals surface area (Å²) in [6.45, 7) is 6.19. The minimum absolute atomic E-state index is 0.0135. The average molecular weight is 483 g/mol. The lowest BCUT2D eigenvalue weighted by Crippen LogP contribution is -2.44. The predicted octanol–water partition coefficient (Wildman–Crippen LogP) is 8.82. The number of hydrogen-bond donors (Lipinski definition) is 0. The van der Waals surface area contributed by atoms with Gasteiger partial charge < -0.3 is 14.2 Å². The van der Waals surface area contributed by atoms with Crippen molar-refractivity contribution in [1.29, 1.82) is 0 Å². The van der Waals surface area contributed by atoms with Gasteiger partial charge in [0.05, 0.1) is 19.8 Å². The molecule has 1 aromatic carbocycles. The summed E-state index contributed by atoms with van der Waals surface area (Å²) in [5.74, 6) is 0. The van der Waals surface area contributed by atoms with Crippen LogP contribution in [0.15, 0.2) is 36.4 Å². The van der Waals surface area contributed by atoms with Gasteiger partial charge in [-0.2, -0.15) is 0 Å². The predicted molar refractivity (Wildman–Crippen MR) is 145 cm³/mol. The van der Waals surface area contributed by atoms with E-state index in [1.54, 1.807) is 5.56 Å². The zero-order valence-corrected chi connectivity index (χ0v) is 22.6. The number of rotatable bonds is 14. The first-order chi connectivity index (χ1) is 17.2. The van der Waals surface area contributed by atoms with Gasteiger partial charge in [0.1, 0.15) is 6.10 Å². The van der Waals surface area contributed by atoms with Crippen molar-refractivity contribution in [3.8, 4) is 0 Å². The molecule has 1 aliphatic heterocycles. The Hall–Kier alpha value is -1.16. The first-order valence-corrected chi connectivity index (χ1v) is 14.8. The van der Waals surface area contributed by atoms with Crippen molar-refractivity contribution >= 4 is 0 Å². The summed E-state index contributed by atoms with van der Waals surface area (Å²) in [6, 6.07) is 9.37. The molecule has 0 aromatic heterocycles. The molecule has 1 aromatic rings. The molecule has 4 aliphatic rings. The summed E-state index contributed by atoms with van der Waals surface area (Å²) in [4.78, 5) is 0. The molecule has 35 heavy (non-hydrogen) atoms. The number of allylic oxidation sites excluding steroid dienone is 1. The Balaban J connectivity index is 1.21. The quantitative estimate of drug-likeness (QED) is 0.196. The fourth-order valence-electron chi connectivity index (χ4n) is 6.67. The maximum Gasteiger partial charge on any atom is 0.181 e.